The van der Waals surface area contributed by atoms with Crippen LogP contribution >= 0.6 is 0 Å². The zero-order valence-corrected chi connectivity index (χ0v) is 12.7. The highest BCUT2D eigenvalue weighted by Gasteiger charge is 2.34. The summed E-state index contributed by atoms with van der Waals surface area (Å²) in [4.78, 5) is 26.8. The molecule has 6 heteroatoms. The van der Waals surface area contributed by atoms with Gasteiger partial charge in [-0.3, -0.25) is 9.59 Å². The lowest BCUT2D eigenvalue weighted by Gasteiger charge is -2.35. The molecule has 2 aliphatic rings. The minimum atomic E-state index is -0.381. The molecule has 0 aliphatic carbocycles. The fourth-order valence-electron chi connectivity index (χ4n) is 3.26. The number of carbonyl (C=O) groups excluding carboxylic acids is 2. The number of nitrogens with zero attached hydrogens (tertiary/aromatic N) is 1. The summed E-state index contributed by atoms with van der Waals surface area (Å²) in [5, 5.41) is 6.38. The van der Waals surface area contributed by atoms with Crippen LogP contribution in [-0.4, -0.2) is 48.4 Å². The lowest BCUT2D eigenvalue weighted by atomic mass is 9.99. The lowest BCUT2D eigenvalue weighted by Crippen LogP contribution is -2.55. The second-order valence-electron chi connectivity index (χ2n) is 6.04. The molecule has 6 nitrogen and oxygen atoms in total. The number of amides is 2. The van der Waals surface area contributed by atoms with E-state index in [4.69, 9.17) is 4.42 Å². The Morgan fingerprint density at radius 1 is 1.27 bits per heavy atom. The molecule has 0 bridgehead atoms. The third-order valence-electron chi connectivity index (χ3n) is 4.44. The fraction of sp³-hybridized carbons (Fsp3) is 0.625. The van der Waals surface area contributed by atoms with Crippen molar-refractivity contribution in [2.24, 2.45) is 0 Å². The molecule has 0 saturated carbocycles. The van der Waals surface area contributed by atoms with Gasteiger partial charge in [0.1, 0.15) is 6.04 Å². The molecule has 2 unspecified atom stereocenters. The molecule has 120 valence electrons. The van der Waals surface area contributed by atoms with Crippen LogP contribution < -0.4 is 10.6 Å². The fourth-order valence-corrected chi connectivity index (χ4v) is 3.26. The molecule has 1 aromatic heterocycles. The van der Waals surface area contributed by atoms with Crippen molar-refractivity contribution in [3.8, 4) is 0 Å². The number of rotatable bonds is 3. The third-order valence-corrected chi connectivity index (χ3v) is 4.44. The highest BCUT2D eigenvalue weighted by atomic mass is 16.3. The van der Waals surface area contributed by atoms with Crippen LogP contribution in [0.4, 0.5) is 0 Å². The molecule has 2 N–H and O–H groups in total. The van der Waals surface area contributed by atoms with Gasteiger partial charge in [-0.1, -0.05) is 0 Å². The van der Waals surface area contributed by atoms with Gasteiger partial charge in [0.05, 0.1) is 6.26 Å². The van der Waals surface area contributed by atoms with E-state index in [9.17, 15) is 9.59 Å². The van der Waals surface area contributed by atoms with Crippen molar-refractivity contribution in [2.45, 2.75) is 44.2 Å². The van der Waals surface area contributed by atoms with E-state index in [1.807, 2.05) is 0 Å². The van der Waals surface area contributed by atoms with Crippen LogP contribution in [0.5, 0.6) is 0 Å². The van der Waals surface area contributed by atoms with Crippen LogP contribution in [0.2, 0.25) is 0 Å². The van der Waals surface area contributed by atoms with E-state index in [0.29, 0.717) is 12.3 Å². The Morgan fingerprint density at radius 3 is 2.91 bits per heavy atom. The quantitative estimate of drug-likeness (QED) is 0.878. The van der Waals surface area contributed by atoms with Gasteiger partial charge in [0, 0.05) is 19.1 Å². The van der Waals surface area contributed by atoms with Crippen LogP contribution in [0.3, 0.4) is 0 Å². The van der Waals surface area contributed by atoms with E-state index in [2.05, 4.69) is 10.6 Å². The summed E-state index contributed by atoms with van der Waals surface area (Å²) in [6.07, 6.45) is 6.19. The maximum Gasteiger partial charge on any atom is 0.290 e. The van der Waals surface area contributed by atoms with Crippen molar-refractivity contribution in [3.63, 3.8) is 0 Å². The van der Waals surface area contributed by atoms with Crippen molar-refractivity contribution in [1.82, 2.24) is 15.5 Å². The summed E-state index contributed by atoms with van der Waals surface area (Å²) in [5.74, 6) is 0.0824. The summed E-state index contributed by atoms with van der Waals surface area (Å²) in [6.45, 7) is 2.43. The summed E-state index contributed by atoms with van der Waals surface area (Å²) >= 11 is 0. The van der Waals surface area contributed by atoms with Crippen LogP contribution in [0, 0.1) is 0 Å². The van der Waals surface area contributed by atoms with Crippen molar-refractivity contribution in [3.05, 3.63) is 24.2 Å². The van der Waals surface area contributed by atoms with E-state index >= 15 is 0 Å². The Bertz CT molecular complexity index is 509. The molecule has 3 heterocycles. The van der Waals surface area contributed by atoms with Crippen LogP contribution in [0.1, 0.15) is 42.7 Å². The first-order valence-electron chi connectivity index (χ1n) is 8.11. The van der Waals surface area contributed by atoms with E-state index in [-0.39, 0.29) is 23.9 Å². The number of nitrogens with one attached hydrogen (secondary N) is 2. The van der Waals surface area contributed by atoms with Crippen molar-refractivity contribution >= 4 is 11.8 Å². The average molecular weight is 305 g/mol. The summed E-state index contributed by atoms with van der Waals surface area (Å²) in [7, 11) is 0. The summed E-state index contributed by atoms with van der Waals surface area (Å²) < 4.78 is 5.19. The van der Waals surface area contributed by atoms with Crippen LogP contribution in [0.25, 0.3) is 0 Å². The number of likely N-dealkylation sites (tertiary alicyclic amines) is 1. The highest BCUT2D eigenvalue weighted by Crippen LogP contribution is 2.20. The SMILES string of the molecule is O=C(NC1CCCNC1)C1CCCCN1C(=O)c1ccco1. The molecule has 2 amide bonds. The van der Waals surface area contributed by atoms with Crippen LogP contribution in [-0.2, 0) is 4.79 Å². The molecule has 2 aliphatic heterocycles. The predicted octanol–water partition coefficient (Wildman–Crippen LogP) is 1.14. The molecule has 0 spiro atoms. The summed E-state index contributed by atoms with van der Waals surface area (Å²) in [6, 6.07) is 3.13. The number of hydrogen-bond donors (Lipinski definition) is 2. The second-order valence-corrected chi connectivity index (χ2v) is 6.04. The van der Waals surface area contributed by atoms with Gasteiger partial charge >= 0.3 is 0 Å². The van der Waals surface area contributed by atoms with E-state index in [1.54, 1.807) is 17.0 Å². The Labute approximate surface area is 130 Å². The first-order chi connectivity index (χ1) is 10.8. The molecule has 3 rings (SSSR count). The normalized spacial score (nSPS) is 25.7. The van der Waals surface area contributed by atoms with Crippen molar-refractivity contribution in [1.29, 1.82) is 0 Å². The molecule has 1 aromatic rings. The first kappa shape index (κ1) is 15.1. The lowest BCUT2D eigenvalue weighted by molar-refractivity contribution is -0.127. The number of piperidine rings is 2. The molecular weight excluding hydrogens is 282 g/mol. The monoisotopic (exact) mass is 305 g/mol. The Kier molecular flexibility index (Phi) is 4.77. The van der Waals surface area contributed by atoms with Gasteiger partial charge in [-0.25, -0.2) is 0 Å². The second kappa shape index (κ2) is 6.96. The third kappa shape index (κ3) is 3.32. The van der Waals surface area contributed by atoms with Gasteiger partial charge in [-0.2, -0.15) is 0 Å². The van der Waals surface area contributed by atoms with E-state index in [1.165, 1.54) is 6.26 Å². The summed E-state index contributed by atoms with van der Waals surface area (Å²) in [5.41, 5.74) is 0. The zero-order chi connectivity index (χ0) is 15.4. The molecular formula is C16H23N3O3. The molecule has 0 radical (unpaired) electrons. The smallest absolute Gasteiger partial charge is 0.290 e. The maximum absolute atomic E-state index is 12.6. The minimum Gasteiger partial charge on any atom is -0.459 e. The molecule has 2 atom stereocenters. The van der Waals surface area contributed by atoms with Gasteiger partial charge in [0.25, 0.3) is 5.91 Å². The number of hydrogen-bond acceptors (Lipinski definition) is 4. The van der Waals surface area contributed by atoms with Gasteiger partial charge in [-0.05, 0) is 50.8 Å². The van der Waals surface area contributed by atoms with E-state index in [0.717, 1.165) is 45.2 Å². The van der Waals surface area contributed by atoms with Crippen LogP contribution in [0.15, 0.2) is 22.8 Å². The highest BCUT2D eigenvalue weighted by molar-refractivity contribution is 5.95. The number of carbonyl (C=O) groups is 2. The van der Waals surface area contributed by atoms with Crippen molar-refractivity contribution < 1.29 is 14.0 Å². The molecule has 0 aromatic carbocycles. The Morgan fingerprint density at radius 2 is 2.18 bits per heavy atom. The van der Waals surface area contributed by atoms with Gasteiger partial charge in [-0.15, -0.1) is 0 Å². The van der Waals surface area contributed by atoms with Gasteiger partial charge in [0.15, 0.2) is 5.76 Å². The largest absolute Gasteiger partial charge is 0.459 e. The minimum absolute atomic E-state index is 0.0340. The average Bonchev–Trinajstić information content (AvgIpc) is 3.09. The molecule has 22 heavy (non-hydrogen) atoms. The molecule has 2 saturated heterocycles. The van der Waals surface area contributed by atoms with Gasteiger partial charge < -0.3 is 20.0 Å². The standard InChI is InChI=1S/C16H23N3O3/c20-15(18-12-5-3-8-17-11-12)13-6-1-2-9-19(13)16(21)14-7-4-10-22-14/h4,7,10,12-13,17H,1-3,5-6,8-9,11H2,(H,18,20). The predicted molar refractivity (Wildman–Crippen MR) is 81.4 cm³/mol. The topological polar surface area (TPSA) is 74.6 Å². The van der Waals surface area contributed by atoms with Crippen molar-refractivity contribution in [2.75, 3.05) is 19.6 Å². The van der Waals surface area contributed by atoms with Gasteiger partial charge in [0.2, 0.25) is 5.91 Å². The van der Waals surface area contributed by atoms with E-state index < -0.39 is 0 Å². The maximum atomic E-state index is 12.6. The number of furan rings is 1. The molecule has 2 fully saturated rings. The zero-order valence-electron chi connectivity index (χ0n) is 12.7. The first-order valence-corrected chi connectivity index (χ1v) is 8.11. The Hall–Kier alpha value is -1.82. The Balaban J connectivity index is 1.66.